The molecule has 0 atom stereocenters. The van der Waals surface area contributed by atoms with Crippen LogP contribution in [0.15, 0.2) is 34.7 Å². The Labute approximate surface area is 123 Å². The number of para-hydroxylation sites is 1. The van der Waals surface area contributed by atoms with E-state index in [1.807, 2.05) is 24.3 Å². The number of carbonyl (C=O) groups is 1. The monoisotopic (exact) mass is 289 g/mol. The number of piperidine rings is 1. The van der Waals surface area contributed by atoms with E-state index in [4.69, 9.17) is 14.3 Å². The molecule has 2 aromatic rings. The van der Waals surface area contributed by atoms with Crippen LogP contribution in [-0.2, 0) is 4.74 Å². The number of furan rings is 1. The number of ether oxygens (including phenoxy) is 1. The van der Waals surface area contributed by atoms with Crippen molar-refractivity contribution >= 4 is 16.9 Å². The molecule has 1 amide bonds. The maximum atomic E-state index is 12.4. The Morgan fingerprint density at radius 3 is 2.81 bits per heavy atom. The van der Waals surface area contributed by atoms with Crippen LogP contribution in [0, 0.1) is 0 Å². The molecule has 5 heteroatoms. The van der Waals surface area contributed by atoms with Crippen LogP contribution in [0.5, 0.6) is 0 Å². The van der Waals surface area contributed by atoms with Crippen LogP contribution >= 0.6 is 0 Å². The molecule has 2 heterocycles. The van der Waals surface area contributed by atoms with E-state index < -0.39 is 0 Å². The first-order chi connectivity index (χ1) is 10.3. The Balaban J connectivity index is 1.63. The third-order valence-electron chi connectivity index (χ3n) is 3.81. The fourth-order valence-electron chi connectivity index (χ4n) is 2.69. The van der Waals surface area contributed by atoms with Crippen LogP contribution in [0.1, 0.15) is 23.4 Å². The first-order valence-electron chi connectivity index (χ1n) is 7.28. The molecule has 0 spiro atoms. The summed E-state index contributed by atoms with van der Waals surface area (Å²) < 4.78 is 11.1. The summed E-state index contributed by atoms with van der Waals surface area (Å²) in [6.07, 6.45) is 1.73. The number of aliphatic hydroxyl groups excluding tert-OH is 1. The average molecular weight is 289 g/mol. The number of nitrogens with zero attached hydrogens (tertiary/aromatic N) is 1. The van der Waals surface area contributed by atoms with Gasteiger partial charge in [-0.3, -0.25) is 4.79 Å². The van der Waals surface area contributed by atoms with Crippen LogP contribution < -0.4 is 0 Å². The van der Waals surface area contributed by atoms with Crippen LogP contribution in [0.4, 0.5) is 0 Å². The molecule has 0 bridgehead atoms. The third-order valence-corrected chi connectivity index (χ3v) is 3.81. The van der Waals surface area contributed by atoms with Crippen molar-refractivity contribution in [2.24, 2.45) is 0 Å². The van der Waals surface area contributed by atoms with Gasteiger partial charge in [-0.05, 0) is 25.0 Å². The first kappa shape index (κ1) is 14.1. The molecule has 0 unspecified atom stereocenters. The van der Waals surface area contributed by atoms with E-state index in [1.165, 1.54) is 0 Å². The van der Waals surface area contributed by atoms with Gasteiger partial charge in [0.2, 0.25) is 0 Å². The Morgan fingerprint density at radius 1 is 1.33 bits per heavy atom. The lowest BCUT2D eigenvalue weighted by atomic mass is 10.1. The number of benzene rings is 1. The smallest absolute Gasteiger partial charge is 0.289 e. The molecule has 0 radical (unpaired) electrons. The van der Waals surface area contributed by atoms with E-state index in [2.05, 4.69) is 0 Å². The van der Waals surface area contributed by atoms with E-state index in [9.17, 15) is 4.79 Å². The average Bonchev–Trinajstić information content (AvgIpc) is 2.96. The van der Waals surface area contributed by atoms with Gasteiger partial charge >= 0.3 is 0 Å². The number of hydrogen-bond acceptors (Lipinski definition) is 4. The van der Waals surface area contributed by atoms with Gasteiger partial charge in [0, 0.05) is 18.5 Å². The van der Waals surface area contributed by atoms with Crippen LogP contribution in [-0.4, -0.2) is 48.3 Å². The summed E-state index contributed by atoms with van der Waals surface area (Å²) in [4.78, 5) is 14.2. The van der Waals surface area contributed by atoms with Gasteiger partial charge < -0.3 is 19.2 Å². The normalized spacial score (nSPS) is 16.5. The van der Waals surface area contributed by atoms with Crippen LogP contribution in [0.3, 0.4) is 0 Å². The highest BCUT2D eigenvalue weighted by atomic mass is 16.5. The molecule has 1 aliphatic heterocycles. The predicted octanol–water partition coefficient (Wildman–Crippen LogP) is 2.05. The highest BCUT2D eigenvalue weighted by Gasteiger charge is 2.25. The number of likely N-dealkylation sites (tertiary alicyclic amines) is 1. The molecule has 3 rings (SSSR count). The Kier molecular flexibility index (Phi) is 4.22. The van der Waals surface area contributed by atoms with Crippen molar-refractivity contribution < 1.29 is 19.1 Å². The minimum Gasteiger partial charge on any atom is -0.451 e. The number of fused-ring (bicyclic) bond motifs is 1. The topological polar surface area (TPSA) is 62.9 Å². The highest BCUT2D eigenvalue weighted by Crippen LogP contribution is 2.22. The van der Waals surface area contributed by atoms with Crippen molar-refractivity contribution in [3.05, 3.63) is 36.1 Å². The summed E-state index contributed by atoms with van der Waals surface area (Å²) in [6.45, 7) is 1.72. The number of carbonyl (C=O) groups excluding carboxylic acids is 1. The lowest BCUT2D eigenvalue weighted by Crippen LogP contribution is -2.41. The Bertz CT molecular complexity index is 581. The first-order valence-corrected chi connectivity index (χ1v) is 7.28. The molecule has 1 aromatic carbocycles. The maximum Gasteiger partial charge on any atom is 0.289 e. The second-order valence-corrected chi connectivity index (χ2v) is 5.23. The van der Waals surface area contributed by atoms with Crippen molar-refractivity contribution in [2.75, 3.05) is 26.3 Å². The molecule has 0 aliphatic carbocycles. The predicted molar refractivity (Wildman–Crippen MR) is 78.2 cm³/mol. The second-order valence-electron chi connectivity index (χ2n) is 5.23. The van der Waals surface area contributed by atoms with Crippen LogP contribution in [0.25, 0.3) is 11.0 Å². The third kappa shape index (κ3) is 3.09. The van der Waals surface area contributed by atoms with E-state index in [0.29, 0.717) is 25.5 Å². The Morgan fingerprint density at radius 2 is 2.10 bits per heavy atom. The fourth-order valence-corrected chi connectivity index (χ4v) is 2.69. The second kappa shape index (κ2) is 6.28. The SMILES string of the molecule is O=C(c1cc2ccccc2o1)N1CCC(OCCO)CC1. The van der Waals surface area contributed by atoms with Gasteiger partial charge in [-0.15, -0.1) is 0 Å². The van der Waals surface area contributed by atoms with Crippen molar-refractivity contribution in [1.29, 1.82) is 0 Å². The summed E-state index contributed by atoms with van der Waals surface area (Å²) >= 11 is 0. The molecule has 5 nitrogen and oxygen atoms in total. The molecule has 1 fully saturated rings. The van der Waals surface area contributed by atoms with E-state index in [0.717, 1.165) is 23.8 Å². The molecule has 1 aliphatic rings. The maximum absolute atomic E-state index is 12.4. The Hall–Kier alpha value is -1.85. The van der Waals surface area contributed by atoms with Crippen molar-refractivity contribution in [3.8, 4) is 0 Å². The lowest BCUT2D eigenvalue weighted by molar-refractivity contribution is -0.00604. The standard InChI is InChI=1S/C16H19NO4/c18-9-10-20-13-5-7-17(8-6-13)16(19)15-11-12-3-1-2-4-14(12)21-15/h1-4,11,13,18H,5-10H2. The zero-order chi connectivity index (χ0) is 14.7. The minimum absolute atomic E-state index is 0.0398. The van der Waals surface area contributed by atoms with Crippen LogP contribution in [0.2, 0.25) is 0 Å². The largest absolute Gasteiger partial charge is 0.451 e. The van der Waals surface area contributed by atoms with Gasteiger partial charge in [-0.2, -0.15) is 0 Å². The molecule has 1 aromatic heterocycles. The van der Waals surface area contributed by atoms with E-state index in [-0.39, 0.29) is 18.6 Å². The quantitative estimate of drug-likeness (QED) is 0.935. The van der Waals surface area contributed by atoms with Crippen molar-refractivity contribution in [2.45, 2.75) is 18.9 Å². The zero-order valence-corrected chi connectivity index (χ0v) is 11.8. The van der Waals surface area contributed by atoms with Gasteiger partial charge in [0.15, 0.2) is 5.76 Å². The van der Waals surface area contributed by atoms with Gasteiger partial charge in [0.1, 0.15) is 5.58 Å². The van der Waals surface area contributed by atoms with Gasteiger partial charge in [0.25, 0.3) is 5.91 Å². The number of rotatable bonds is 4. The summed E-state index contributed by atoms with van der Waals surface area (Å²) in [7, 11) is 0. The number of amides is 1. The highest BCUT2D eigenvalue weighted by molar-refractivity contribution is 5.96. The minimum atomic E-state index is -0.0631. The molecular weight excluding hydrogens is 270 g/mol. The van der Waals surface area contributed by atoms with Gasteiger partial charge in [0.05, 0.1) is 19.3 Å². The summed E-state index contributed by atoms with van der Waals surface area (Å²) in [5, 5.41) is 9.70. The van der Waals surface area contributed by atoms with Gasteiger partial charge in [-0.1, -0.05) is 18.2 Å². The molecule has 112 valence electrons. The van der Waals surface area contributed by atoms with E-state index in [1.54, 1.807) is 11.0 Å². The van der Waals surface area contributed by atoms with Gasteiger partial charge in [-0.25, -0.2) is 0 Å². The molecule has 1 saturated heterocycles. The van der Waals surface area contributed by atoms with Crippen molar-refractivity contribution in [3.63, 3.8) is 0 Å². The summed E-state index contributed by atoms with van der Waals surface area (Å²) in [5.41, 5.74) is 0.738. The van der Waals surface area contributed by atoms with E-state index >= 15 is 0 Å². The number of hydrogen-bond donors (Lipinski definition) is 1. The zero-order valence-electron chi connectivity index (χ0n) is 11.8. The molecule has 21 heavy (non-hydrogen) atoms. The molecule has 0 saturated carbocycles. The lowest BCUT2D eigenvalue weighted by Gasteiger charge is -2.31. The van der Waals surface area contributed by atoms with Crippen molar-refractivity contribution in [1.82, 2.24) is 4.90 Å². The molecule has 1 N–H and O–H groups in total. The summed E-state index contributed by atoms with van der Waals surface area (Å²) in [5.74, 6) is 0.331. The molecular formula is C16H19NO4. The number of aliphatic hydroxyl groups is 1. The summed E-state index contributed by atoms with van der Waals surface area (Å²) in [6, 6.07) is 9.41. The fraction of sp³-hybridized carbons (Fsp3) is 0.438.